The molecule has 1 spiro atoms. The Morgan fingerprint density at radius 3 is 2.50 bits per heavy atom. The van der Waals surface area contributed by atoms with Crippen LogP contribution in [0.2, 0.25) is 0 Å². The first-order chi connectivity index (χ1) is 14.5. The molecule has 0 bridgehead atoms. The Labute approximate surface area is 181 Å². The SMILES string of the molecule is Cc1noc(-c2c(N3CCC4(CC3)OC=CO4)nc3c(C#N)cc(Br)cc3c2C)n1. The van der Waals surface area contributed by atoms with Crippen molar-refractivity contribution in [2.75, 3.05) is 18.0 Å². The number of pyridine rings is 1. The van der Waals surface area contributed by atoms with E-state index in [1.807, 2.05) is 13.0 Å². The van der Waals surface area contributed by atoms with Crippen LogP contribution in [-0.2, 0) is 9.47 Å². The smallest absolute Gasteiger partial charge is 0.261 e. The molecule has 0 radical (unpaired) electrons. The quantitative estimate of drug-likeness (QED) is 0.548. The number of ether oxygens (including phenoxy) is 2. The molecule has 0 saturated carbocycles. The third-order valence-electron chi connectivity index (χ3n) is 5.60. The van der Waals surface area contributed by atoms with E-state index in [0.717, 1.165) is 26.8 Å². The van der Waals surface area contributed by atoms with Crippen molar-refractivity contribution in [3.63, 3.8) is 0 Å². The lowest BCUT2D eigenvalue weighted by Gasteiger charge is -2.38. The van der Waals surface area contributed by atoms with Crippen molar-refractivity contribution in [2.45, 2.75) is 32.5 Å². The highest BCUT2D eigenvalue weighted by Crippen LogP contribution is 2.40. The summed E-state index contributed by atoms with van der Waals surface area (Å²) in [6.07, 6.45) is 4.56. The van der Waals surface area contributed by atoms with Gasteiger partial charge < -0.3 is 18.9 Å². The minimum Gasteiger partial charge on any atom is -0.457 e. The fourth-order valence-corrected chi connectivity index (χ4v) is 4.52. The van der Waals surface area contributed by atoms with Crippen LogP contribution in [0.25, 0.3) is 22.4 Å². The summed E-state index contributed by atoms with van der Waals surface area (Å²) in [7, 11) is 0. The predicted octanol–water partition coefficient (Wildman–Crippen LogP) is 4.35. The number of hydrogen-bond donors (Lipinski definition) is 0. The van der Waals surface area contributed by atoms with E-state index in [1.54, 1.807) is 25.5 Å². The van der Waals surface area contributed by atoms with Gasteiger partial charge in [-0.15, -0.1) is 0 Å². The topological polar surface area (TPSA) is 97.3 Å². The number of aromatic nitrogens is 3. The van der Waals surface area contributed by atoms with Gasteiger partial charge in [0.1, 0.15) is 24.4 Å². The number of halogens is 1. The van der Waals surface area contributed by atoms with Gasteiger partial charge in [-0.2, -0.15) is 10.2 Å². The van der Waals surface area contributed by atoms with Crippen molar-refractivity contribution in [1.29, 1.82) is 5.26 Å². The first-order valence-corrected chi connectivity index (χ1v) is 10.4. The molecule has 2 aliphatic heterocycles. The summed E-state index contributed by atoms with van der Waals surface area (Å²) in [6.45, 7) is 5.14. The molecule has 30 heavy (non-hydrogen) atoms. The third-order valence-corrected chi connectivity index (χ3v) is 6.06. The van der Waals surface area contributed by atoms with Gasteiger partial charge in [-0.25, -0.2) is 4.98 Å². The fourth-order valence-electron chi connectivity index (χ4n) is 4.06. The van der Waals surface area contributed by atoms with Gasteiger partial charge in [0.05, 0.1) is 16.6 Å². The minimum atomic E-state index is -0.591. The minimum absolute atomic E-state index is 0.420. The Morgan fingerprint density at radius 2 is 1.87 bits per heavy atom. The van der Waals surface area contributed by atoms with Crippen LogP contribution in [0, 0.1) is 25.2 Å². The van der Waals surface area contributed by atoms with Crippen molar-refractivity contribution < 1.29 is 14.0 Å². The van der Waals surface area contributed by atoms with Gasteiger partial charge in [-0.05, 0) is 31.5 Å². The molecular weight excluding hydrogens is 450 g/mol. The highest BCUT2D eigenvalue weighted by atomic mass is 79.9. The van der Waals surface area contributed by atoms with Crippen LogP contribution in [0.5, 0.6) is 0 Å². The lowest BCUT2D eigenvalue weighted by atomic mass is 9.98. The molecule has 4 heterocycles. The largest absolute Gasteiger partial charge is 0.457 e. The maximum atomic E-state index is 9.68. The average molecular weight is 468 g/mol. The molecular formula is C21H18BrN5O3. The maximum absolute atomic E-state index is 9.68. The number of rotatable bonds is 2. The Hall–Kier alpha value is -3.12. The number of benzene rings is 1. The van der Waals surface area contributed by atoms with E-state index in [0.29, 0.717) is 48.7 Å². The van der Waals surface area contributed by atoms with E-state index in [1.165, 1.54) is 0 Å². The first-order valence-electron chi connectivity index (χ1n) is 9.60. The van der Waals surface area contributed by atoms with Crippen LogP contribution in [-0.4, -0.2) is 34.0 Å². The number of anilines is 1. The third kappa shape index (κ3) is 2.99. The standard InChI is InChI=1S/C21H18BrN5O3/c1-12-16-10-15(22)9-14(11-23)18(16)25-19(17(12)20-24-13(2)26-30-20)27-5-3-21(4-6-27)28-7-8-29-21/h7-10H,3-6H2,1-2H3. The Kier molecular flexibility index (Phi) is 4.40. The molecule has 0 unspecified atom stereocenters. The van der Waals surface area contributed by atoms with Gasteiger partial charge in [0.25, 0.3) is 11.7 Å². The van der Waals surface area contributed by atoms with Crippen molar-refractivity contribution in [2.24, 2.45) is 0 Å². The van der Waals surface area contributed by atoms with Crippen LogP contribution in [0.15, 0.2) is 33.7 Å². The van der Waals surface area contributed by atoms with Gasteiger partial charge in [0.15, 0.2) is 5.82 Å². The number of piperidine rings is 1. The van der Waals surface area contributed by atoms with Crippen LogP contribution in [0.1, 0.15) is 29.8 Å². The van der Waals surface area contributed by atoms with Gasteiger partial charge in [0, 0.05) is 35.8 Å². The highest BCUT2D eigenvalue weighted by molar-refractivity contribution is 9.10. The van der Waals surface area contributed by atoms with Crippen molar-refractivity contribution >= 4 is 32.7 Å². The maximum Gasteiger partial charge on any atom is 0.261 e. The van der Waals surface area contributed by atoms with Crippen LogP contribution < -0.4 is 4.90 Å². The van der Waals surface area contributed by atoms with E-state index < -0.39 is 5.79 Å². The second-order valence-electron chi connectivity index (χ2n) is 7.45. The lowest BCUT2D eigenvalue weighted by Crippen LogP contribution is -2.45. The summed E-state index contributed by atoms with van der Waals surface area (Å²) in [5, 5.41) is 14.5. The van der Waals surface area contributed by atoms with Crippen molar-refractivity contribution in [3.8, 4) is 17.5 Å². The van der Waals surface area contributed by atoms with Crippen LogP contribution in [0.3, 0.4) is 0 Å². The lowest BCUT2D eigenvalue weighted by molar-refractivity contribution is -0.154. The summed E-state index contributed by atoms with van der Waals surface area (Å²) >= 11 is 3.50. The normalized spacial score (nSPS) is 17.2. The zero-order chi connectivity index (χ0) is 20.9. The molecule has 5 rings (SSSR count). The molecule has 1 aromatic carbocycles. The average Bonchev–Trinajstić information content (AvgIpc) is 3.37. The number of hydrogen-bond acceptors (Lipinski definition) is 8. The monoisotopic (exact) mass is 467 g/mol. The molecule has 0 N–H and O–H groups in total. The summed E-state index contributed by atoms with van der Waals surface area (Å²) in [6, 6.07) is 6.01. The highest BCUT2D eigenvalue weighted by Gasteiger charge is 2.40. The zero-order valence-corrected chi connectivity index (χ0v) is 18.1. The molecule has 0 aliphatic carbocycles. The van der Waals surface area contributed by atoms with Gasteiger partial charge in [-0.3, -0.25) is 0 Å². The van der Waals surface area contributed by atoms with Crippen molar-refractivity contribution in [1.82, 2.24) is 15.1 Å². The second-order valence-corrected chi connectivity index (χ2v) is 8.36. The van der Waals surface area contributed by atoms with Crippen LogP contribution >= 0.6 is 15.9 Å². The van der Waals surface area contributed by atoms with E-state index in [9.17, 15) is 5.26 Å². The molecule has 1 fully saturated rings. The molecule has 0 atom stereocenters. The Bertz CT molecular complexity index is 1210. The summed E-state index contributed by atoms with van der Waals surface area (Å²) in [4.78, 5) is 11.6. The number of nitrogens with zero attached hydrogens (tertiary/aromatic N) is 5. The molecule has 8 nitrogen and oxygen atoms in total. The predicted molar refractivity (Wildman–Crippen MR) is 112 cm³/mol. The van der Waals surface area contributed by atoms with Gasteiger partial charge >= 0.3 is 0 Å². The molecule has 2 aromatic heterocycles. The molecule has 9 heteroatoms. The summed E-state index contributed by atoms with van der Waals surface area (Å²) < 4.78 is 17.7. The number of fused-ring (bicyclic) bond motifs is 1. The number of nitriles is 1. The summed E-state index contributed by atoms with van der Waals surface area (Å²) in [5.41, 5.74) is 2.89. The molecule has 1 saturated heterocycles. The van der Waals surface area contributed by atoms with Gasteiger partial charge in [0.2, 0.25) is 0 Å². The molecule has 152 valence electrons. The fraction of sp³-hybridized carbons (Fsp3) is 0.333. The zero-order valence-electron chi connectivity index (χ0n) is 16.5. The first kappa shape index (κ1) is 18.9. The van der Waals surface area contributed by atoms with E-state index in [4.69, 9.17) is 19.0 Å². The molecule has 3 aromatic rings. The Morgan fingerprint density at radius 1 is 1.13 bits per heavy atom. The van der Waals surface area contributed by atoms with Crippen molar-refractivity contribution in [3.05, 3.63) is 46.1 Å². The van der Waals surface area contributed by atoms with E-state index in [-0.39, 0.29) is 0 Å². The van der Waals surface area contributed by atoms with Gasteiger partial charge in [-0.1, -0.05) is 21.1 Å². The number of aryl methyl sites for hydroxylation is 2. The second kappa shape index (κ2) is 6.99. The molecule has 2 aliphatic rings. The van der Waals surface area contributed by atoms with E-state index >= 15 is 0 Å². The molecule has 0 amide bonds. The van der Waals surface area contributed by atoms with E-state index in [2.05, 4.69) is 37.0 Å². The Balaban J connectivity index is 1.68. The van der Waals surface area contributed by atoms with Crippen LogP contribution in [0.4, 0.5) is 5.82 Å². The summed E-state index contributed by atoms with van der Waals surface area (Å²) in [5.74, 6) is 1.11.